The summed E-state index contributed by atoms with van der Waals surface area (Å²) in [5.41, 5.74) is 0. The van der Waals surface area contributed by atoms with E-state index in [-0.39, 0.29) is 0 Å². The van der Waals surface area contributed by atoms with E-state index in [2.05, 4.69) is 39.9 Å². The van der Waals surface area contributed by atoms with E-state index in [4.69, 9.17) is 0 Å². The molecule has 20 heavy (non-hydrogen) atoms. The molecule has 4 unspecified atom stereocenters. The first-order valence-corrected chi connectivity index (χ1v) is 8.74. The lowest BCUT2D eigenvalue weighted by atomic mass is 9.83. The Hall–Kier alpha value is -0.110. The molecule has 0 amide bonds. The van der Waals surface area contributed by atoms with Crippen LogP contribution in [0.1, 0.15) is 81.1 Å². The molecule has 0 heterocycles. The van der Waals surface area contributed by atoms with Gasteiger partial charge in [-0.2, -0.15) is 0 Å². The van der Waals surface area contributed by atoms with E-state index in [1.807, 2.05) is 20.8 Å². The summed E-state index contributed by atoms with van der Waals surface area (Å²) in [6.45, 7) is 18.2. The Balaban J connectivity index is 0. The molecular formula is C18H40FN. The van der Waals surface area contributed by atoms with Crippen molar-refractivity contribution in [3.63, 3.8) is 0 Å². The largest absolute Gasteiger partial charge is 0.314 e. The second-order valence-corrected chi connectivity index (χ2v) is 6.52. The molecule has 0 saturated heterocycles. The molecule has 1 saturated carbocycles. The Morgan fingerprint density at radius 3 is 2.00 bits per heavy atom. The van der Waals surface area contributed by atoms with Gasteiger partial charge in [0, 0.05) is 6.04 Å². The number of halogens is 1. The maximum Gasteiger partial charge on any atom is 0.103 e. The van der Waals surface area contributed by atoms with E-state index in [1.54, 1.807) is 0 Å². The van der Waals surface area contributed by atoms with Crippen LogP contribution in [0.2, 0.25) is 0 Å². The van der Waals surface area contributed by atoms with Crippen LogP contribution in [0.5, 0.6) is 0 Å². The second kappa shape index (κ2) is 13.9. The molecule has 0 aromatic rings. The van der Waals surface area contributed by atoms with Gasteiger partial charge in [0.1, 0.15) is 6.17 Å². The van der Waals surface area contributed by atoms with Crippen molar-refractivity contribution in [3.8, 4) is 0 Å². The fraction of sp³-hybridized carbons (Fsp3) is 1.00. The molecule has 0 aromatic heterocycles. The van der Waals surface area contributed by atoms with Crippen LogP contribution in [0, 0.1) is 17.8 Å². The van der Waals surface area contributed by atoms with Gasteiger partial charge in [-0.05, 0) is 50.5 Å². The number of alkyl halides is 1. The van der Waals surface area contributed by atoms with Gasteiger partial charge in [-0.1, -0.05) is 54.9 Å². The molecule has 1 N–H and O–H groups in total. The highest BCUT2D eigenvalue weighted by molar-refractivity contribution is 4.74. The van der Waals surface area contributed by atoms with Crippen LogP contribution in [0.3, 0.4) is 0 Å². The molecular weight excluding hydrogens is 249 g/mol. The molecule has 0 aromatic carbocycles. The van der Waals surface area contributed by atoms with Crippen molar-refractivity contribution in [2.24, 2.45) is 17.8 Å². The zero-order valence-corrected chi connectivity index (χ0v) is 15.3. The lowest BCUT2D eigenvalue weighted by molar-refractivity contribution is 0.145. The molecule has 1 nitrogen and oxygen atoms in total. The van der Waals surface area contributed by atoms with E-state index >= 15 is 0 Å². The van der Waals surface area contributed by atoms with Gasteiger partial charge in [-0.3, -0.25) is 0 Å². The monoisotopic (exact) mass is 289 g/mol. The fourth-order valence-electron chi connectivity index (χ4n) is 2.04. The summed E-state index contributed by atoms with van der Waals surface area (Å²) in [5, 5.41) is 3.43. The van der Waals surface area contributed by atoms with E-state index in [9.17, 15) is 4.39 Å². The molecule has 124 valence electrons. The van der Waals surface area contributed by atoms with Crippen LogP contribution in [0.4, 0.5) is 4.39 Å². The van der Waals surface area contributed by atoms with Crippen LogP contribution in [-0.4, -0.2) is 18.8 Å². The fourth-order valence-corrected chi connectivity index (χ4v) is 2.04. The van der Waals surface area contributed by atoms with Crippen LogP contribution in [0.15, 0.2) is 0 Å². The third-order valence-electron chi connectivity index (χ3n) is 3.85. The van der Waals surface area contributed by atoms with Gasteiger partial charge >= 0.3 is 0 Å². The molecule has 1 aliphatic carbocycles. The molecule has 1 aliphatic rings. The van der Waals surface area contributed by atoms with Crippen molar-refractivity contribution in [2.45, 2.75) is 93.3 Å². The van der Waals surface area contributed by atoms with E-state index < -0.39 is 6.17 Å². The quantitative estimate of drug-likeness (QED) is 0.686. The maximum absolute atomic E-state index is 12.8. The highest BCUT2D eigenvalue weighted by atomic mass is 19.1. The standard InChI is InChI=1S/C8H15F.C8H19N.C2H6/c1-6-3-4-7(2)8(9)5-6;1-5-8(4)9-6-7(2)3;1-2/h6-8H,3-5H2,1-2H3;7-9H,5-6H2,1-4H3;1-2H3. The number of hydrogen-bond donors (Lipinski definition) is 1. The Morgan fingerprint density at radius 1 is 1.10 bits per heavy atom. The Bertz CT molecular complexity index is 194. The molecule has 1 rings (SSSR count). The normalized spacial score (nSPS) is 27.0. The topological polar surface area (TPSA) is 12.0 Å². The van der Waals surface area contributed by atoms with E-state index in [0.717, 1.165) is 25.3 Å². The van der Waals surface area contributed by atoms with Gasteiger partial charge in [0.15, 0.2) is 0 Å². The Kier molecular flexibility index (Phi) is 15.4. The van der Waals surface area contributed by atoms with Crippen molar-refractivity contribution in [3.05, 3.63) is 0 Å². The average Bonchev–Trinajstić information content (AvgIpc) is 2.43. The maximum atomic E-state index is 12.8. The predicted octanol–water partition coefficient (Wildman–Crippen LogP) is 5.84. The van der Waals surface area contributed by atoms with E-state index in [1.165, 1.54) is 12.8 Å². The lowest BCUT2D eigenvalue weighted by Crippen LogP contribution is -2.28. The van der Waals surface area contributed by atoms with Crippen LogP contribution < -0.4 is 5.32 Å². The second-order valence-electron chi connectivity index (χ2n) is 6.52. The van der Waals surface area contributed by atoms with Crippen LogP contribution in [0.25, 0.3) is 0 Å². The summed E-state index contributed by atoms with van der Waals surface area (Å²) in [5.74, 6) is 1.72. The van der Waals surface area contributed by atoms with Gasteiger partial charge in [-0.25, -0.2) is 4.39 Å². The van der Waals surface area contributed by atoms with Gasteiger partial charge in [0.2, 0.25) is 0 Å². The SMILES string of the molecule is CC.CC1CCC(C)C(F)C1.CCC(C)NCC(C)C. The third kappa shape index (κ3) is 12.9. The van der Waals surface area contributed by atoms with Crippen LogP contribution in [-0.2, 0) is 0 Å². The predicted molar refractivity (Wildman–Crippen MR) is 91.0 cm³/mol. The minimum absolute atomic E-state index is 0.321. The molecule has 0 bridgehead atoms. The first kappa shape index (κ1) is 22.2. The van der Waals surface area contributed by atoms with Crippen molar-refractivity contribution >= 4 is 0 Å². The summed E-state index contributed by atoms with van der Waals surface area (Å²) >= 11 is 0. The molecule has 4 atom stereocenters. The summed E-state index contributed by atoms with van der Waals surface area (Å²) in [4.78, 5) is 0. The van der Waals surface area contributed by atoms with Gasteiger partial charge in [-0.15, -0.1) is 0 Å². The third-order valence-corrected chi connectivity index (χ3v) is 3.85. The highest BCUT2D eigenvalue weighted by Gasteiger charge is 2.24. The van der Waals surface area contributed by atoms with Gasteiger partial charge < -0.3 is 5.32 Å². The van der Waals surface area contributed by atoms with Crippen LogP contribution >= 0.6 is 0 Å². The Morgan fingerprint density at radius 2 is 1.65 bits per heavy atom. The first-order chi connectivity index (χ1) is 9.36. The minimum Gasteiger partial charge on any atom is -0.314 e. The smallest absolute Gasteiger partial charge is 0.103 e. The molecule has 1 fully saturated rings. The highest BCUT2D eigenvalue weighted by Crippen LogP contribution is 2.30. The van der Waals surface area contributed by atoms with Crippen molar-refractivity contribution in [1.29, 1.82) is 0 Å². The van der Waals surface area contributed by atoms with Crippen molar-refractivity contribution < 1.29 is 4.39 Å². The summed E-state index contributed by atoms with van der Waals surface area (Å²) in [6.07, 6.45) is 3.81. The zero-order chi connectivity index (χ0) is 16.1. The minimum atomic E-state index is -0.520. The number of rotatable bonds is 4. The number of nitrogens with one attached hydrogen (secondary N) is 1. The summed E-state index contributed by atoms with van der Waals surface area (Å²) < 4.78 is 12.8. The average molecular weight is 290 g/mol. The van der Waals surface area contributed by atoms with Gasteiger partial charge in [0.25, 0.3) is 0 Å². The molecule has 0 spiro atoms. The molecule has 0 aliphatic heterocycles. The van der Waals surface area contributed by atoms with Crippen molar-refractivity contribution in [1.82, 2.24) is 5.32 Å². The van der Waals surface area contributed by atoms with E-state index in [0.29, 0.717) is 17.9 Å². The Labute approximate surface area is 128 Å². The zero-order valence-electron chi connectivity index (χ0n) is 15.3. The lowest BCUT2D eigenvalue weighted by Gasteiger charge is -2.26. The van der Waals surface area contributed by atoms with Gasteiger partial charge in [0.05, 0.1) is 0 Å². The first-order valence-electron chi connectivity index (χ1n) is 8.74. The van der Waals surface area contributed by atoms with Crippen molar-refractivity contribution in [2.75, 3.05) is 6.54 Å². The number of hydrogen-bond acceptors (Lipinski definition) is 1. The molecule has 0 radical (unpaired) electrons. The summed E-state index contributed by atoms with van der Waals surface area (Å²) in [6, 6.07) is 0.687. The molecule has 2 heteroatoms. The summed E-state index contributed by atoms with van der Waals surface area (Å²) in [7, 11) is 0.